The van der Waals surface area contributed by atoms with Gasteiger partial charge >= 0.3 is 38.4 Å². The molecule has 0 saturated heterocycles. The Labute approximate surface area is 220 Å². The number of benzene rings is 1. The topological polar surface area (TPSA) is 93.7 Å². The maximum atomic E-state index is 10.5. The zero-order valence-corrected chi connectivity index (χ0v) is 23.6. The van der Waals surface area contributed by atoms with E-state index >= 15 is 0 Å². The molecule has 0 bridgehead atoms. The van der Waals surface area contributed by atoms with Crippen LogP contribution in [0.3, 0.4) is 0 Å². The molecule has 0 fully saturated rings. The molecule has 1 heterocycles. The van der Waals surface area contributed by atoms with Gasteiger partial charge in [0.25, 0.3) is 0 Å². The van der Waals surface area contributed by atoms with Gasteiger partial charge in [0, 0.05) is 27.4 Å². The first-order valence-corrected chi connectivity index (χ1v) is 12.6. The van der Waals surface area contributed by atoms with Crippen LogP contribution in [0.4, 0.5) is 0 Å². The normalized spacial score (nSPS) is 10.8. The monoisotopic (exact) mass is 512 g/mol. The van der Waals surface area contributed by atoms with Crippen LogP contribution in [0.2, 0.25) is 6.04 Å². The number of hydrogen-bond acceptors (Lipinski definition) is 6. The van der Waals surface area contributed by atoms with Gasteiger partial charge in [0.15, 0.2) is 0 Å². The van der Waals surface area contributed by atoms with E-state index in [1.54, 1.807) is 27.4 Å². The number of rotatable bonds is 11. The van der Waals surface area contributed by atoms with E-state index in [1.165, 1.54) is 24.3 Å². The zero-order valence-electron chi connectivity index (χ0n) is 19.1. The smallest absolute Gasteiger partial charge is 1.00 e. The van der Waals surface area contributed by atoms with Crippen molar-refractivity contribution in [3.63, 3.8) is 0 Å². The Balaban J connectivity index is 0. The molecule has 32 heavy (non-hydrogen) atoms. The summed E-state index contributed by atoms with van der Waals surface area (Å²) in [6.45, 7) is 8.97. The van der Waals surface area contributed by atoms with Crippen LogP contribution in [-0.4, -0.2) is 47.7 Å². The average Bonchev–Trinajstić information content (AvgIpc) is 3.19. The molecule has 0 aliphatic carbocycles. The van der Waals surface area contributed by atoms with E-state index in [0.717, 1.165) is 31.1 Å². The number of nitrogens with zero attached hydrogens (tertiary/aromatic N) is 2. The van der Waals surface area contributed by atoms with Crippen LogP contribution < -0.4 is 46.5 Å². The van der Waals surface area contributed by atoms with Crippen molar-refractivity contribution in [2.75, 3.05) is 21.3 Å². The van der Waals surface area contributed by atoms with Crippen molar-refractivity contribution in [2.45, 2.75) is 30.4 Å². The molecular weight excluding hydrogens is 483 g/mol. The molecule has 0 spiro atoms. The standard InChI is InChI=1S/C12H23N2O3Si.C8H8O3S.ClH.Na/c1-5-7-13-9-10-14(12-13)8-6-11-18(15-2,16-3)17-4;1-2-7-3-5-8(6-4-7)12(9,10)11;;/h5,9-10,12H,1,6-8,11H2,2-4H3;2-6H,1H2,(H,9,10,11);1H;/q+1;;;+1/p-2. The van der Waals surface area contributed by atoms with Gasteiger partial charge in [-0.25, -0.2) is 17.6 Å². The van der Waals surface area contributed by atoms with Gasteiger partial charge in [-0.05, 0) is 24.1 Å². The van der Waals surface area contributed by atoms with Crippen LogP contribution in [0.15, 0.2) is 67.1 Å². The van der Waals surface area contributed by atoms with Crippen molar-refractivity contribution in [1.82, 2.24) is 4.57 Å². The van der Waals surface area contributed by atoms with Crippen LogP contribution in [0.25, 0.3) is 6.08 Å². The van der Waals surface area contributed by atoms with Crippen LogP contribution in [0.5, 0.6) is 0 Å². The molecule has 1 aromatic heterocycles. The number of aromatic nitrogens is 2. The van der Waals surface area contributed by atoms with E-state index in [1.807, 2.05) is 12.3 Å². The van der Waals surface area contributed by atoms with E-state index in [9.17, 15) is 13.0 Å². The first-order valence-electron chi connectivity index (χ1n) is 9.23. The molecule has 0 saturated carbocycles. The summed E-state index contributed by atoms with van der Waals surface area (Å²) < 4.78 is 51.7. The number of hydrogen-bond donors (Lipinski definition) is 0. The molecule has 8 nitrogen and oxygen atoms in total. The van der Waals surface area contributed by atoms with E-state index < -0.39 is 18.9 Å². The summed E-state index contributed by atoms with van der Waals surface area (Å²) >= 11 is 0. The fourth-order valence-electron chi connectivity index (χ4n) is 2.63. The number of allylic oxidation sites excluding steroid dienone is 1. The van der Waals surface area contributed by atoms with Crippen LogP contribution in [0.1, 0.15) is 12.0 Å². The Morgan fingerprint density at radius 1 is 1.12 bits per heavy atom. The number of halogens is 1. The van der Waals surface area contributed by atoms with Gasteiger partial charge in [-0.1, -0.05) is 37.4 Å². The maximum Gasteiger partial charge on any atom is 1.00 e. The molecule has 12 heteroatoms. The van der Waals surface area contributed by atoms with Gasteiger partial charge in [-0.3, -0.25) is 0 Å². The third kappa shape index (κ3) is 11.4. The van der Waals surface area contributed by atoms with Crippen LogP contribution in [-0.2, 0) is 36.5 Å². The summed E-state index contributed by atoms with van der Waals surface area (Å²) in [6.07, 6.45) is 10.6. The molecule has 1 aromatic carbocycles. The van der Waals surface area contributed by atoms with Gasteiger partial charge in [0.2, 0.25) is 6.33 Å². The molecule has 174 valence electrons. The Kier molecular flexibility index (Phi) is 17.5. The fourth-order valence-corrected chi connectivity index (χ4v) is 4.81. The summed E-state index contributed by atoms with van der Waals surface area (Å²) in [6, 6.07) is 6.39. The number of imidazole rings is 1. The zero-order chi connectivity index (χ0) is 22.6. The van der Waals surface area contributed by atoms with Gasteiger partial charge < -0.3 is 30.2 Å². The van der Waals surface area contributed by atoms with Crippen molar-refractivity contribution in [1.29, 1.82) is 0 Å². The summed E-state index contributed by atoms with van der Waals surface area (Å²) in [5.74, 6) is 0. The summed E-state index contributed by atoms with van der Waals surface area (Å²) in [4.78, 5) is -0.215. The molecule has 0 N–H and O–H groups in total. The predicted octanol–water partition coefficient (Wildman–Crippen LogP) is -3.53. The molecular formula is C20H30ClN2NaO6SSi. The van der Waals surface area contributed by atoms with Crippen molar-refractivity contribution in [2.24, 2.45) is 0 Å². The summed E-state index contributed by atoms with van der Waals surface area (Å²) in [5, 5.41) is 0. The number of aryl methyl sites for hydroxylation is 1. The minimum absolute atomic E-state index is 0. The Hall–Kier alpha value is -0.793. The van der Waals surface area contributed by atoms with Gasteiger partial charge in [-0.2, -0.15) is 0 Å². The molecule has 0 aliphatic rings. The Morgan fingerprint density at radius 2 is 1.69 bits per heavy atom. The van der Waals surface area contributed by atoms with E-state index in [-0.39, 0.29) is 46.9 Å². The molecule has 0 atom stereocenters. The summed E-state index contributed by atoms with van der Waals surface area (Å²) in [7, 11) is -1.79. The third-order valence-corrected chi connectivity index (χ3v) is 8.00. The van der Waals surface area contributed by atoms with Crippen LogP contribution in [0, 0.1) is 0 Å². The van der Waals surface area contributed by atoms with Crippen molar-refractivity contribution >= 4 is 25.0 Å². The summed E-state index contributed by atoms with van der Waals surface area (Å²) in [5.41, 5.74) is 0.780. The molecule has 0 unspecified atom stereocenters. The molecule has 0 amide bonds. The Morgan fingerprint density at radius 3 is 2.12 bits per heavy atom. The van der Waals surface area contributed by atoms with Crippen molar-refractivity contribution < 1.29 is 72.8 Å². The van der Waals surface area contributed by atoms with Gasteiger partial charge in [0.05, 0.1) is 11.4 Å². The molecule has 0 radical (unpaired) electrons. The predicted molar refractivity (Wildman–Crippen MR) is 116 cm³/mol. The first kappa shape index (κ1) is 33.4. The quantitative estimate of drug-likeness (QED) is 0.134. The second-order valence-corrected chi connectivity index (χ2v) is 10.7. The minimum atomic E-state index is -4.31. The second-order valence-electron chi connectivity index (χ2n) is 6.26. The largest absolute Gasteiger partial charge is 1.00 e. The fraction of sp³-hybridized carbons (Fsp3) is 0.350. The SMILES string of the molecule is C=CCn1cc[n+](CCC[Si](OC)(OC)OC)c1.C=Cc1ccc(S(=O)(=O)[O-])cc1.[Cl-].[Na+]. The van der Waals surface area contributed by atoms with E-state index in [0.29, 0.717) is 0 Å². The van der Waals surface area contributed by atoms with Crippen molar-refractivity contribution in [3.8, 4) is 0 Å². The van der Waals surface area contributed by atoms with Gasteiger partial charge in [0.1, 0.15) is 29.1 Å². The Bertz CT molecular complexity index is 897. The minimum Gasteiger partial charge on any atom is -1.00 e. The maximum absolute atomic E-state index is 10.5. The average molecular weight is 513 g/mol. The first-order chi connectivity index (χ1) is 14.2. The van der Waals surface area contributed by atoms with E-state index in [2.05, 4.69) is 34.8 Å². The van der Waals surface area contributed by atoms with Gasteiger partial charge in [-0.15, -0.1) is 0 Å². The molecule has 2 aromatic rings. The second kappa shape index (κ2) is 16.8. The van der Waals surface area contributed by atoms with Crippen molar-refractivity contribution in [3.05, 3.63) is 67.8 Å². The third-order valence-electron chi connectivity index (χ3n) is 4.32. The molecule has 2 rings (SSSR count). The van der Waals surface area contributed by atoms with Crippen LogP contribution >= 0.6 is 0 Å². The molecule has 0 aliphatic heterocycles. The van der Waals surface area contributed by atoms with E-state index in [4.69, 9.17) is 13.3 Å².